The Morgan fingerprint density at radius 3 is 2.48 bits per heavy atom. The first-order valence-electron chi connectivity index (χ1n) is 11.6. The molecule has 176 valence electrons. The number of carbonyl (C=O) groups is 3. The van der Waals surface area contributed by atoms with Crippen LogP contribution in [0.25, 0.3) is 5.52 Å². The molecular formula is C23H28ClN5O4. The molecule has 3 aliphatic rings. The lowest BCUT2D eigenvalue weighted by Gasteiger charge is -2.41. The number of fused-ring (bicyclic) bond motifs is 1. The van der Waals surface area contributed by atoms with Gasteiger partial charge < -0.3 is 20.2 Å². The van der Waals surface area contributed by atoms with Crippen LogP contribution in [0.3, 0.4) is 0 Å². The van der Waals surface area contributed by atoms with Crippen LogP contribution in [0, 0.1) is 0 Å². The van der Waals surface area contributed by atoms with Crippen molar-refractivity contribution in [1.29, 1.82) is 0 Å². The highest BCUT2D eigenvalue weighted by Gasteiger charge is 2.36. The predicted molar refractivity (Wildman–Crippen MR) is 121 cm³/mol. The third-order valence-electron chi connectivity index (χ3n) is 7.06. The van der Waals surface area contributed by atoms with E-state index in [1.54, 1.807) is 7.05 Å². The number of aliphatic hydroxyl groups is 1. The van der Waals surface area contributed by atoms with Gasteiger partial charge in [-0.05, 0) is 62.1 Å². The first-order valence-corrected chi connectivity index (χ1v) is 12.0. The van der Waals surface area contributed by atoms with Crippen molar-refractivity contribution in [3.8, 4) is 0 Å². The van der Waals surface area contributed by atoms with Gasteiger partial charge in [-0.3, -0.25) is 14.4 Å². The van der Waals surface area contributed by atoms with Crippen LogP contribution in [0.2, 0.25) is 5.02 Å². The highest BCUT2D eigenvalue weighted by molar-refractivity contribution is 6.37. The predicted octanol–water partition coefficient (Wildman–Crippen LogP) is 1.81. The number of nitrogens with one attached hydrogen (secondary N) is 1. The van der Waals surface area contributed by atoms with Crippen molar-refractivity contribution in [2.75, 3.05) is 26.7 Å². The summed E-state index contributed by atoms with van der Waals surface area (Å²) in [4.78, 5) is 42.0. The van der Waals surface area contributed by atoms with Crippen LogP contribution >= 0.6 is 11.6 Å². The molecule has 0 aromatic carbocycles. The first kappa shape index (κ1) is 22.2. The number of amides is 3. The molecule has 1 saturated heterocycles. The van der Waals surface area contributed by atoms with Crippen LogP contribution in [0.15, 0.2) is 12.1 Å². The lowest BCUT2D eigenvalue weighted by molar-refractivity contribution is -0.138. The van der Waals surface area contributed by atoms with Gasteiger partial charge in [0.15, 0.2) is 5.69 Å². The van der Waals surface area contributed by atoms with E-state index in [2.05, 4.69) is 10.4 Å². The van der Waals surface area contributed by atoms with Crippen LogP contribution in [0.5, 0.6) is 0 Å². The lowest BCUT2D eigenvalue weighted by atomic mass is 9.91. The minimum absolute atomic E-state index is 0.0300. The monoisotopic (exact) mass is 473 g/mol. The van der Waals surface area contributed by atoms with Crippen molar-refractivity contribution in [3.63, 3.8) is 0 Å². The molecule has 0 radical (unpaired) electrons. The quantitative estimate of drug-likeness (QED) is 0.704. The second-order valence-electron chi connectivity index (χ2n) is 9.26. The van der Waals surface area contributed by atoms with Gasteiger partial charge in [-0.2, -0.15) is 5.10 Å². The second kappa shape index (κ2) is 8.61. The molecular weight excluding hydrogens is 446 g/mol. The van der Waals surface area contributed by atoms with Gasteiger partial charge in [0.25, 0.3) is 11.8 Å². The minimum atomic E-state index is -0.411. The van der Waals surface area contributed by atoms with Gasteiger partial charge in [-0.25, -0.2) is 4.52 Å². The molecule has 2 aliphatic carbocycles. The number of nitrogens with zero attached hydrogens (tertiary/aromatic N) is 4. The van der Waals surface area contributed by atoms with Crippen molar-refractivity contribution in [1.82, 2.24) is 24.7 Å². The fraction of sp³-hybridized carbons (Fsp3) is 0.565. The van der Waals surface area contributed by atoms with Gasteiger partial charge >= 0.3 is 0 Å². The fourth-order valence-electron chi connectivity index (χ4n) is 4.98. The third kappa shape index (κ3) is 4.08. The van der Waals surface area contributed by atoms with Gasteiger partial charge in [0.05, 0.1) is 16.6 Å². The van der Waals surface area contributed by atoms with Gasteiger partial charge in [0, 0.05) is 26.2 Å². The van der Waals surface area contributed by atoms with Gasteiger partial charge in [0.2, 0.25) is 5.91 Å². The topological polar surface area (TPSA) is 107 Å². The summed E-state index contributed by atoms with van der Waals surface area (Å²) in [6, 6.07) is 3.83. The second-order valence-corrected chi connectivity index (χ2v) is 9.64. The summed E-state index contributed by atoms with van der Waals surface area (Å²) in [5, 5.41) is 17.0. The molecule has 2 N–H and O–H groups in total. The van der Waals surface area contributed by atoms with E-state index in [1.807, 2.05) is 17.0 Å². The summed E-state index contributed by atoms with van der Waals surface area (Å²) in [7, 11) is 1.55. The zero-order chi connectivity index (χ0) is 23.3. The van der Waals surface area contributed by atoms with Crippen LogP contribution in [-0.4, -0.2) is 81.1 Å². The van der Waals surface area contributed by atoms with Crippen molar-refractivity contribution < 1.29 is 19.5 Å². The van der Waals surface area contributed by atoms with Gasteiger partial charge in [-0.15, -0.1) is 0 Å². The van der Waals surface area contributed by atoms with Crippen LogP contribution in [0.4, 0.5) is 0 Å². The minimum Gasteiger partial charge on any atom is -0.393 e. The molecule has 9 nitrogen and oxygen atoms in total. The Hall–Kier alpha value is -2.65. The molecule has 33 heavy (non-hydrogen) atoms. The molecule has 0 atom stereocenters. The van der Waals surface area contributed by atoms with E-state index in [1.165, 1.54) is 9.42 Å². The van der Waals surface area contributed by atoms with Crippen molar-refractivity contribution in [2.45, 2.75) is 56.6 Å². The highest BCUT2D eigenvalue weighted by atomic mass is 35.5. The van der Waals surface area contributed by atoms with E-state index in [-0.39, 0.29) is 41.2 Å². The number of hydrogen-bond acceptors (Lipinski definition) is 5. The Bertz CT molecular complexity index is 1120. The van der Waals surface area contributed by atoms with Crippen molar-refractivity contribution >= 4 is 34.8 Å². The molecule has 3 heterocycles. The van der Waals surface area contributed by atoms with Gasteiger partial charge in [-0.1, -0.05) is 11.6 Å². The van der Waals surface area contributed by atoms with Crippen LogP contribution in [0.1, 0.15) is 71.0 Å². The molecule has 2 aromatic rings. The summed E-state index contributed by atoms with van der Waals surface area (Å²) >= 11 is 6.61. The Kier molecular flexibility index (Phi) is 5.78. The Balaban J connectivity index is 1.39. The molecule has 10 heteroatoms. The van der Waals surface area contributed by atoms with E-state index in [0.717, 1.165) is 31.2 Å². The standard InChI is InChI=1S/C23H28ClN5O4/c1-25-22(32)18-11-14(13-2-3-13)10-17-20(24)21(26-29(17)18)23(33)27-8-9-28(19(31)12-27)15-4-6-16(30)7-5-15/h10-11,13,15-16,30H,2-9,12H2,1H3,(H,25,32). The number of hydrogen-bond donors (Lipinski definition) is 2. The average molecular weight is 474 g/mol. The van der Waals surface area contributed by atoms with Crippen molar-refractivity contribution in [2.24, 2.45) is 0 Å². The number of rotatable bonds is 4. The summed E-state index contributed by atoms with van der Waals surface area (Å²) in [5.41, 5.74) is 1.92. The number of aromatic nitrogens is 2. The lowest BCUT2D eigenvalue weighted by Crippen LogP contribution is -2.56. The number of pyridine rings is 1. The maximum Gasteiger partial charge on any atom is 0.276 e. The van der Waals surface area contributed by atoms with E-state index >= 15 is 0 Å². The number of halogens is 1. The summed E-state index contributed by atoms with van der Waals surface area (Å²) in [5.74, 6) is -0.415. The maximum atomic E-state index is 13.3. The average Bonchev–Trinajstić information content (AvgIpc) is 3.62. The molecule has 3 fully saturated rings. The molecule has 1 aliphatic heterocycles. The van der Waals surface area contributed by atoms with E-state index < -0.39 is 5.91 Å². The molecule has 0 unspecified atom stereocenters. The van der Waals surface area contributed by atoms with Gasteiger partial charge in [0.1, 0.15) is 12.2 Å². The molecule has 3 amide bonds. The Labute approximate surface area is 196 Å². The fourth-order valence-corrected chi connectivity index (χ4v) is 5.24. The number of aliphatic hydroxyl groups excluding tert-OH is 1. The van der Waals surface area contributed by atoms with Crippen LogP contribution < -0.4 is 5.32 Å². The summed E-state index contributed by atoms with van der Waals surface area (Å²) in [6.07, 6.45) is 4.81. The van der Waals surface area contributed by atoms with E-state index in [9.17, 15) is 19.5 Å². The van der Waals surface area contributed by atoms with Crippen LogP contribution in [-0.2, 0) is 4.79 Å². The van der Waals surface area contributed by atoms with E-state index in [4.69, 9.17) is 11.6 Å². The number of piperazine rings is 1. The zero-order valence-corrected chi connectivity index (χ0v) is 19.3. The third-order valence-corrected chi connectivity index (χ3v) is 7.43. The molecule has 0 spiro atoms. The maximum absolute atomic E-state index is 13.3. The Morgan fingerprint density at radius 1 is 1.12 bits per heavy atom. The highest BCUT2D eigenvalue weighted by Crippen LogP contribution is 2.41. The molecule has 0 bridgehead atoms. The summed E-state index contributed by atoms with van der Waals surface area (Å²) < 4.78 is 1.42. The van der Waals surface area contributed by atoms with Crippen molar-refractivity contribution in [3.05, 3.63) is 34.1 Å². The largest absolute Gasteiger partial charge is 0.393 e. The zero-order valence-electron chi connectivity index (χ0n) is 18.6. The Morgan fingerprint density at radius 2 is 1.85 bits per heavy atom. The molecule has 2 aromatic heterocycles. The SMILES string of the molecule is CNC(=O)c1cc(C2CC2)cc2c(Cl)c(C(=O)N3CCN(C4CCC(O)CC4)C(=O)C3)nn12. The number of carbonyl (C=O) groups excluding carboxylic acids is 3. The normalized spacial score (nSPS) is 23.8. The molecule has 2 saturated carbocycles. The first-order chi connectivity index (χ1) is 15.9. The smallest absolute Gasteiger partial charge is 0.276 e. The molecule has 5 rings (SSSR count). The summed E-state index contributed by atoms with van der Waals surface area (Å²) in [6.45, 7) is 0.812. The van der Waals surface area contributed by atoms with E-state index in [0.29, 0.717) is 43.1 Å².